The van der Waals surface area contributed by atoms with E-state index < -0.39 is 0 Å². The van der Waals surface area contributed by atoms with Gasteiger partial charge in [0.2, 0.25) is 0 Å². The number of allylic oxidation sites excluding steroid dienone is 3. The van der Waals surface area contributed by atoms with Gasteiger partial charge in [-0.15, -0.1) is 0 Å². The van der Waals surface area contributed by atoms with Gasteiger partial charge in [0.15, 0.2) is 0 Å². The maximum atomic E-state index is 10.7. The first kappa shape index (κ1) is 13.9. The van der Waals surface area contributed by atoms with E-state index in [2.05, 4.69) is 32.1 Å². The average Bonchev–Trinajstić information content (AvgIpc) is 2.76. The molecule has 2 nitrogen and oxygen atoms in total. The highest BCUT2D eigenvalue weighted by molar-refractivity contribution is 5.24. The molecule has 116 valence electrons. The van der Waals surface area contributed by atoms with Gasteiger partial charge in [-0.05, 0) is 73.7 Å². The summed E-state index contributed by atoms with van der Waals surface area (Å²) < 4.78 is 0. The molecule has 0 radical (unpaired) electrons. The van der Waals surface area contributed by atoms with E-state index >= 15 is 0 Å². The van der Waals surface area contributed by atoms with Crippen LogP contribution < -0.4 is 5.73 Å². The molecule has 0 aliphatic heterocycles. The highest BCUT2D eigenvalue weighted by atomic mass is 16.3. The van der Waals surface area contributed by atoms with Crippen LogP contribution in [0.5, 0.6) is 0 Å². The molecule has 0 amide bonds. The van der Waals surface area contributed by atoms with E-state index in [0.29, 0.717) is 29.4 Å². The summed E-state index contributed by atoms with van der Waals surface area (Å²) in [4.78, 5) is 0. The van der Waals surface area contributed by atoms with E-state index in [0.717, 1.165) is 6.42 Å². The first-order valence-corrected chi connectivity index (χ1v) is 8.81. The van der Waals surface area contributed by atoms with Crippen LogP contribution in [-0.4, -0.2) is 11.1 Å². The molecular formula is C19H29NO. The number of aliphatic hydroxyl groups excluding tert-OH is 1. The molecule has 4 aliphatic rings. The van der Waals surface area contributed by atoms with Crippen LogP contribution in [0.2, 0.25) is 0 Å². The molecule has 0 aromatic rings. The molecule has 3 N–H and O–H groups in total. The van der Waals surface area contributed by atoms with Gasteiger partial charge in [0.05, 0.1) is 5.76 Å². The monoisotopic (exact) mass is 287 g/mol. The minimum absolute atomic E-state index is 0.0308. The van der Waals surface area contributed by atoms with Crippen molar-refractivity contribution in [3.05, 3.63) is 24.0 Å². The van der Waals surface area contributed by atoms with Crippen molar-refractivity contribution in [2.24, 2.45) is 40.2 Å². The molecule has 21 heavy (non-hydrogen) atoms. The van der Waals surface area contributed by atoms with Crippen LogP contribution in [0.3, 0.4) is 0 Å². The molecule has 0 heterocycles. The largest absolute Gasteiger partial charge is 0.512 e. The van der Waals surface area contributed by atoms with Gasteiger partial charge < -0.3 is 10.8 Å². The quantitative estimate of drug-likeness (QED) is 0.656. The third-order valence-corrected chi connectivity index (χ3v) is 7.89. The Bertz CT molecular complexity index is 510. The zero-order valence-electron chi connectivity index (χ0n) is 13.4. The van der Waals surface area contributed by atoms with Crippen LogP contribution in [0.15, 0.2) is 24.0 Å². The van der Waals surface area contributed by atoms with Crippen LogP contribution in [-0.2, 0) is 0 Å². The fourth-order valence-electron chi connectivity index (χ4n) is 6.40. The smallest absolute Gasteiger partial charge is 0.0947 e. The molecule has 0 spiro atoms. The van der Waals surface area contributed by atoms with E-state index in [9.17, 15) is 5.11 Å². The SMILES string of the molecule is C[C@]12CC[C@H]3[C@@H](CCC4CCC=C(O)[C@@]43C)[C@@H]1C=C[C@@H]2N. The lowest BCUT2D eigenvalue weighted by Crippen LogP contribution is -2.55. The second-order valence-electron chi connectivity index (χ2n) is 8.47. The summed E-state index contributed by atoms with van der Waals surface area (Å²) in [5.41, 5.74) is 6.68. The molecule has 0 saturated heterocycles. The molecule has 4 aliphatic carbocycles. The third-order valence-electron chi connectivity index (χ3n) is 7.89. The van der Waals surface area contributed by atoms with Crippen LogP contribution in [0.1, 0.15) is 52.4 Å². The van der Waals surface area contributed by atoms with Crippen molar-refractivity contribution in [2.45, 2.75) is 58.4 Å². The fraction of sp³-hybridized carbons (Fsp3) is 0.789. The fourth-order valence-corrected chi connectivity index (χ4v) is 6.40. The predicted molar refractivity (Wildman–Crippen MR) is 85.7 cm³/mol. The molecule has 4 rings (SSSR count). The van der Waals surface area contributed by atoms with Crippen molar-refractivity contribution >= 4 is 0 Å². The first-order chi connectivity index (χ1) is 9.98. The molecule has 0 aromatic carbocycles. The standard InChI is InChI=1S/C19H29NO/c1-18-11-10-15-13(14(18)8-9-16(18)20)7-6-12-4-3-5-17(21)19(12,15)2/h5,8-9,12-16,21H,3-4,6-7,10-11,20H2,1-2H3/t12?,13-,14-,15-,16-,18-,19-/m0/s1. The summed E-state index contributed by atoms with van der Waals surface area (Å²) in [6.45, 7) is 4.74. The maximum absolute atomic E-state index is 10.7. The molecule has 2 heteroatoms. The summed E-state index contributed by atoms with van der Waals surface area (Å²) in [6.07, 6.45) is 14.1. The van der Waals surface area contributed by atoms with Crippen LogP contribution in [0, 0.1) is 34.5 Å². The van der Waals surface area contributed by atoms with Gasteiger partial charge in [-0.2, -0.15) is 0 Å². The lowest BCUT2D eigenvalue weighted by Gasteiger charge is -2.59. The Morgan fingerprint density at radius 2 is 1.95 bits per heavy atom. The summed E-state index contributed by atoms with van der Waals surface area (Å²) in [5, 5.41) is 10.7. The lowest BCUT2D eigenvalue weighted by atomic mass is 9.46. The molecule has 0 bridgehead atoms. The van der Waals surface area contributed by atoms with Crippen molar-refractivity contribution in [1.82, 2.24) is 0 Å². The third kappa shape index (κ3) is 1.63. The number of fused-ring (bicyclic) bond motifs is 5. The van der Waals surface area contributed by atoms with E-state index in [-0.39, 0.29) is 16.9 Å². The van der Waals surface area contributed by atoms with E-state index in [1.165, 1.54) is 32.1 Å². The van der Waals surface area contributed by atoms with Crippen molar-refractivity contribution in [3.8, 4) is 0 Å². The van der Waals surface area contributed by atoms with Gasteiger partial charge in [0.25, 0.3) is 0 Å². The average molecular weight is 287 g/mol. The molecule has 2 saturated carbocycles. The Balaban J connectivity index is 1.72. The number of hydrogen-bond donors (Lipinski definition) is 2. The Hall–Kier alpha value is -0.760. The number of hydrogen-bond acceptors (Lipinski definition) is 2. The Morgan fingerprint density at radius 1 is 1.14 bits per heavy atom. The second kappa shape index (κ2) is 4.38. The summed E-state index contributed by atoms with van der Waals surface area (Å²) in [7, 11) is 0. The minimum Gasteiger partial charge on any atom is -0.512 e. The summed E-state index contributed by atoms with van der Waals surface area (Å²) >= 11 is 0. The Kier molecular flexibility index (Phi) is 2.89. The van der Waals surface area contributed by atoms with Gasteiger partial charge in [-0.3, -0.25) is 0 Å². The normalized spacial score (nSPS) is 55.4. The number of nitrogens with two attached hydrogens (primary N) is 1. The Labute approximate surface area is 128 Å². The highest BCUT2D eigenvalue weighted by Gasteiger charge is 2.59. The zero-order valence-corrected chi connectivity index (χ0v) is 13.4. The van der Waals surface area contributed by atoms with Gasteiger partial charge in [-0.1, -0.05) is 26.0 Å². The molecular weight excluding hydrogens is 258 g/mol. The van der Waals surface area contributed by atoms with Crippen molar-refractivity contribution in [2.75, 3.05) is 0 Å². The van der Waals surface area contributed by atoms with E-state index in [1.807, 2.05) is 0 Å². The summed E-state index contributed by atoms with van der Waals surface area (Å²) in [6, 6.07) is 0.226. The topological polar surface area (TPSA) is 46.2 Å². The van der Waals surface area contributed by atoms with Crippen molar-refractivity contribution in [1.29, 1.82) is 0 Å². The highest BCUT2D eigenvalue weighted by Crippen LogP contribution is 2.64. The van der Waals surface area contributed by atoms with Crippen molar-refractivity contribution < 1.29 is 5.11 Å². The minimum atomic E-state index is 0.0308. The summed E-state index contributed by atoms with van der Waals surface area (Å²) in [5.74, 6) is 3.36. The predicted octanol–water partition coefficient (Wildman–Crippen LogP) is 4.18. The van der Waals surface area contributed by atoms with E-state index in [1.54, 1.807) is 0 Å². The van der Waals surface area contributed by atoms with E-state index in [4.69, 9.17) is 5.73 Å². The van der Waals surface area contributed by atoms with Crippen LogP contribution in [0.25, 0.3) is 0 Å². The number of aliphatic hydroxyl groups is 1. The Morgan fingerprint density at radius 3 is 2.76 bits per heavy atom. The number of rotatable bonds is 0. The molecule has 0 aromatic heterocycles. The van der Waals surface area contributed by atoms with Gasteiger partial charge >= 0.3 is 0 Å². The zero-order chi connectivity index (χ0) is 14.8. The van der Waals surface area contributed by atoms with Gasteiger partial charge in [-0.25, -0.2) is 0 Å². The molecule has 2 fully saturated rings. The van der Waals surface area contributed by atoms with Gasteiger partial charge in [0.1, 0.15) is 0 Å². The lowest BCUT2D eigenvalue weighted by molar-refractivity contribution is -0.0843. The first-order valence-electron chi connectivity index (χ1n) is 8.81. The van der Waals surface area contributed by atoms with Crippen LogP contribution >= 0.6 is 0 Å². The van der Waals surface area contributed by atoms with Crippen molar-refractivity contribution in [3.63, 3.8) is 0 Å². The van der Waals surface area contributed by atoms with Gasteiger partial charge in [0, 0.05) is 11.5 Å². The molecule has 7 atom stereocenters. The molecule has 1 unspecified atom stereocenters. The maximum Gasteiger partial charge on any atom is 0.0947 e. The second-order valence-corrected chi connectivity index (χ2v) is 8.47. The van der Waals surface area contributed by atoms with Crippen LogP contribution in [0.4, 0.5) is 0 Å².